The molecular weight excluding hydrogens is 1020 g/mol. The first-order valence-corrected chi connectivity index (χ1v) is 34.0. The van der Waals surface area contributed by atoms with Crippen molar-refractivity contribution in [2.75, 3.05) is 13.2 Å². The predicted octanol–water partition coefficient (Wildman–Crippen LogP) is 18.4. The highest BCUT2D eigenvalue weighted by Crippen LogP contribution is 2.27. The van der Waals surface area contributed by atoms with E-state index in [4.69, 9.17) is 23.7 Å². The summed E-state index contributed by atoms with van der Waals surface area (Å²) >= 11 is 0. The Morgan fingerprint density at radius 2 is 0.741 bits per heavy atom. The Labute approximate surface area is 495 Å². The zero-order valence-corrected chi connectivity index (χ0v) is 52.3. The van der Waals surface area contributed by atoms with Gasteiger partial charge in [-0.2, -0.15) is 0 Å². The van der Waals surface area contributed by atoms with Crippen LogP contribution in [0.25, 0.3) is 0 Å². The number of carbonyl (C=O) groups is 4. The molecule has 1 fully saturated rings. The van der Waals surface area contributed by atoms with Crippen molar-refractivity contribution >= 4 is 23.9 Å². The number of ether oxygens (including phenoxy) is 5. The average molecular weight is 1150 g/mol. The largest absolute Gasteiger partial charge is 0.479 e. The summed E-state index contributed by atoms with van der Waals surface area (Å²) < 4.78 is 28.6. The van der Waals surface area contributed by atoms with E-state index in [0.29, 0.717) is 19.3 Å². The number of aliphatic hydroxyl groups is 2. The third-order valence-electron chi connectivity index (χ3n) is 15.7. The van der Waals surface area contributed by atoms with Crippen LogP contribution in [0.5, 0.6) is 0 Å². The predicted molar refractivity (Wildman–Crippen MR) is 331 cm³/mol. The van der Waals surface area contributed by atoms with Crippen LogP contribution in [0.2, 0.25) is 0 Å². The summed E-state index contributed by atoms with van der Waals surface area (Å²) in [6.07, 6.45) is 56.7. The van der Waals surface area contributed by atoms with E-state index < -0.39 is 67.3 Å². The minimum Gasteiger partial charge on any atom is -0.479 e. The third-order valence-corrected chi connectivity index (χ3v) is 15.7. The van der Waals surface area contributed by atoms with Crippen molar-refractivity contribution in [3.63, 3.8) is 0 Å². The molecule has 3 N–H and O–H groups in total. The number of carbonyl (C=O) groups excluding carboxylic acids is 3. The van der Waals surface area contributed by atoms with Gasteiger partial charge >= 0.3 is 23.9 Å². The summed E-state index contributed by atoms with van der Waals surface area (Å²) in [4.78, 5) is 51.4. The van der Waals surface area contributed by atoms with Gasteiger partial charge in [-0.3, -0.25) is 14.4 Å². The van der Waals surface area contributed by atoms with Crippen molar-refractivity contribution in [3.05, 3.63) is 36.5 Å². The van der Waals surface area contributed by atoms with Crippen LogP contribution in [-0.2, 0) is 42.9 Å². The lowest BCUT2D eigenvalue weighted by Crippen LogP contribution is -2.61. The number of unbranched alkanes of at least 4 members (excludes halogenated alkanes) is 39. The Hall–Kier alpha value is -3.06. The van der Waals surface area contributed by atoms with Gasteiger partial charge in [0.15, 0.2) is 24.6 Å². The van der Waals surface area contributed by atoms with Crippen molar-refractivity contribution < 1.29 is 58.2 Å². The number of aliphatic hydroxyl groups excluding tert-OH is 2. The third kappa shape index (κ3) is 46.9. The zero-order chi connectivity index (χ0) is 58.9. The Bertz CT molecular complexity index is 1550. The maximum atomic E-state index is 13.2. The molecule has 1 aliphatic heterocycles. The van der Waals surface area contributed by atoms with Gasteiger partial charge in [0, 0.05) is 19.3 Å². The summed E-state index contributed by atoms with van der Waals surface area (Å²) in [6.45, 7) is 6.01. The molecule has 0 bridgehead atoms. The topological polar surface area (TPSA) is 175 Å². The number of carboxylic acid groups (broad SMARTS) is 1. The van der Waals surface area contributed by atoms with Crippen LogP contribution in [0.4, 0.5) is 0 Å². The zero-order valence-electron chi connectivity index (χ0n) is 52.3. The molecule has 81 heavy (non-hydrogen) atoms. The highest BCUT2D eigenvalue weighted by Gasteiger charge is 2.50. The number of allylic oxidation sites excluding steroid dienone is 6. The van der Waals surface area contributed by atoms with Crippen LogP contribution in [0, 0.1) is 0 Å². The molecule has 0 aromatic heterocycles. The molecule has 0 spiro atoms. The van der Waals surface area contributed by atoms with E-state index in [9.17, 15) is 34.5 Å². The molecule has 12 heteroatoms. The summed E-state index contributed by atoms with van der Waals surface area (Å²) in [7, 11) is 0. The minimum atomic E-state index is -1.90. The van der Waals surface area contributed by atoms with Crippen LogP contribution >= 0.6 is 0 Å². The first-order chi connectivity index (χ1) is 39.6. The summed E-state index contributed by atoms with van der Waals surface area (Å²) in [5.41, 5.74) is 0. The Kier molecular flexibility index (Phi) is 53.8. The summed E-state index contributed by atoms with van der Waals surface area (Å²) in [5.74, 6) is -3.10. The lowest BCUT2D eigenvalue weighted by molar-refractivity contribution is -0.301. The highest BCUT2D eigenvalue weighted by molar-refractivity contribution is 5.74. The Morgan fingerprint density at radius 1 is 0.407 bits per heavy atom. The second-order valence-corrected chi connectivity index (χ2v) is 23.5. The molecule has 1 aliphatic rings. The van der Waals surface area contributed by atoms with E-state index in [1.54, 1.807) is 0 Å². The van der Waals surface area contributed by atoms with Crippen LogP contribution in [0.15, 0.2) is 36.5 Å². The van der Waals surface area contributed by atoms with E-state index in [1.165, 1.54) is 173 Å². The monoisotopic (exact) mass is 1140 g/mol. The van der Waals surface area contributed by atoms with Gasteiger partial charge in [0.1, 0.15) is 18.8 Å². The van der Waals surface area contributed by atoms with Gasteiger partial charge in [-0.25, -0.2) is 4.79 Å². The van der Waals surface area contributed by atoms with Gasteiger partial charge < -0.3 is 39.0 Å². The van der Waals surface area contributed by atoms with Crippen LogP contribution in [0.3, 0.4) is 0 Å². The maximum absolute atomic E-state index is 13.2. The SMILES string of the molecule is CCCCC/C=C\C/C=C\CCCCCCCC(=O)OC(COC(=O)CCCCCCCCCCCCCCCCCCC)COC1OC(C(=O)O)C(O)C(O)C1OC(=O)CCCCCCCCCCC/C=C\CCCCCCCC. The molecule has 1 rings (SSSR count). The number of hydrogen-bond acceptors (Lipinski definition) is 11. The lowest BCUT2D eigenvalue weighted by atomic mass is 9.98. The van der Waals surface area contributed by atoms with Crippen molar-refractivity contribution in [2.24, 2.45) is 0 Å². The molecule has 0 radical (unpaired) electrons. The molecule has 0 aromatic rings. The van der Waals surface area contributed by atoms with Crippen molar-refractivity contribution in [1.29, 1.82) is 0 Å². The van der Waals surface area contributed by atoms with Gasteiger partial charge in [0.2, 0.25) is 0 Å². The molecule has 12 nitrogen and oxygen atoms in total. The molecule has 0 aromatic carbocycles. The van der Waals surface area contributed by atoms with Gasteiger partial charge in [-0.1, -0.05) is 269 Å². The van der Waals surface area contributed by atoms with Crippen LogP contribution in [0.1, 0.15) is 329 Å². The first-order valence-electron chi connectivity index (χ1n) is 34.0. The van der Waals surface area contributed by atoms with E-state index in [-0.39, 0.29) is 25.9 Å². The molecule has 6 unspecified atom stereocenters. The smallest absolute Gasteiger partial charge is 0.335 e. The fraction of sp³-hybridized carbons (Fsp3) is 0.855. The van der Waals surface area contributed by atoms with E-state index in [1.807, 2.05) is 0 Å². The number of carboxylic acids is 1. The number of rotatable bonds is 59. The molecule has 1 saturated heterocycles. The lowest BCUT2D eigenvalue weighted by Gasteiger charge is -2.40. The summed E-state index contributed by atoms with van der Waals surface area (Å²) in [6, 6.07) is 0. The number of aliphatic carboxylic acids is 1. The fourth-order valence-corrected chi connectivity index (χ4v) is 10.5. The molecule has 0 aliphatic carbocycles. The minimum absolute atomic E-state index is 0.0601. The van der Waals surface area contributed by atoms with E-state index in [2.05, 4.69) is 57.2 Å². The molecule has 6 atom stereocenters. The van der Waals surface area contributed by atoms with Gasteiger partial charge in [0.05, 0.1) is 6.61 Å². The molecule has 0 amide bonds. The maximum Gasteiger partial charge on any atom is 0.335 e. The second-order valence-electron chi connectivity index (χ2n) is 23.5. The Morgan fingerprint density at radius 3 is 1.15 bits per heavy atom. The van der Waals surface area contributed by atoms with E-state index in [0.717, 1.165) is 96.3 Å². The average Bonchev–Trinajstić information content (AvgIpc) is 3.52. The van der Waals surface area contributed by atoms with Crippen molar-refractivity contribution in [3.8, 4) is 0 Å². The number of hydrogen-bond donors (Lipinski definition) is 3. The standard InChI is InChI=1S/C69H124O12/c1-4-7-10-13-16-19-22-25-28-30-31-33-36-39-42-45-48-51-54-57-63(72)80-67-65(74)64(73)66(68(75)76)81-69(67)78-59-60(79-62(71)56-53-50-47-44-41-38-34-27-24-21-18-15-12-9-6-3)58-77-61(70)55-52-49-46-43-40-37-35-32-29-26-23-20-17-14-11-8-5-2/h18,21,25,27-28,34,60,64-67,69,73-74H,4-17,19-20,22-24,26,29-33,35-59H2,1-3H3,(H,75,76)/b21-18-,28-25-,34-27-. The van der Waals surface area contributed by atoms with Crippen molar-refractivity contribution in [2.45, 2.75) is 366 Å². The van der Waals surface area contributed by atoms with Crippen LogP contribution < -0.4 is 0 Å². The van der Waals surface area contributed by atoms with E-state index >= 15 is 0 Å². The normalized spacial score (nSPS) is 17.9. The second kappa shape index (κ2) is 57.4. The van der Waals surface area contributed by atoms with Gasteiger partial charge in [-0.05, 0) is 77.0 Å². The molecular formula is C69H124O12. The highest BCUT2D eigenvalue weighted by atomic mass is 16.7. The molecule has 1 heterocycles. The molecule has 472 valence electrons. The molecule has 0 saturated carbocycles. The van der Waals surface area contributed by atoms with Crippen molar-refractivity contribution in [1.82, 2.24) is 0 Å². The van der Waals surface area contributed by atoms with Gasteiger partial charge in [-0.15, -0.1) is 0 Å². The quantitative estimate of drug-likeness (QED) is 0.0228. The Balaban J connectivity index is 2.63. The summed E-state index contributed by atoms with van der Waals surface area (Å²) in [5, 5.41) is 31.6. The number of esters is 3. The fourth-order valence-electron chi connectivity index (χ4n) is 10.5. The first kappa shape index (κ1) is 76.0. The van der Waals surface area contributed by atoms with Gasteiger partial charge in [0.25, 0.3) is 0 Å². The van der Waals surface area contributed by atoms with Crippen LogP contribution in [-0.4, -0.2) is 89.2 Å².